The number of amides is 1. The summed E-state index contributed by atoms with van der Waals surface area (Å²) in [6.45, 7) is 0.904. The fourth-order valence-corrected chi connectivity index (χ4v) is 2.85. The van der Waals surface area contributed by atoms with Crippen molar-refractivity contribution in [1.29, 1.82) is 0 Å². The molecule has 0 fully saturated rings. The molecule has 0 saturated carbocycles. The molecule has 1 aromatic carbocycles. The lowest BCUT2D eigenvalue weighted by Crippen LogP contribution is -2.49. The van der Waals surface area contributed by atoms with Crippen molar-refractivity contribution in [2.24, 2.45) is 0 Å². The van der Waals surface area contributed by atoms with Crippen molar-refractivity contribution in [3.8, 4) is 5.75 Å². The van der Waals surface area contributed by atoms with Crippen LogP contribution in [-0.4, -0.2) is 41.8 Å². The highest BCUT2D eigenvalue weighted by atomic mass is 16.5. The lowest BCUT2D eigenvalue weighted by molar-refractivity contribution is 0.0869. The molecule has 3 rings (SSSR count). The van der Waals surface area contributed by atoms with Gasteiger partial charge in [0.1, 0.15) is 5.75 Å². The zero-order chi connectivity index (χ0) is 16.9. The number of carbonyl (C=O) groups is 1. The van der Waals surface area contributed by atoms with Crippen molar-refractivity contribution in [3.05, 3.63) is 59.4 Å². The zero-order valence-electron chi connectivity index (χ0n) is 13.5. The molecule has 2 heterocycles. The number of hydrogen-bond donors (Lipinski definition) is 3. The van der Waals surface area contributed by atoms with E-state index in [0.29, 0.717) is 11.3 Å². The lowest BCUT2D eigenvalue weighted by atomic mass is 9.93. The Morgan fingerprint density at radius 1 is 1.42 bits per heavy atom. The molecule has 2 aromatic rings. The maximum Gasteiger partial charge on any atom is 0.253 e. The second-order valence-corrected chi connectivity index (χ2v) is 5.85. The van der Waals surface area contributed by atoms with Crippen LogP contribution in [0.5, 0.6) is 5.75 Å². The smallest absolute Gasteiger partial charge is 0.253 e. The molecule has 0 unspecified atom stereocenters. The fraction of sp³-hybridized carbons (Fsp3) is 0.333. The van der Waals surface area contributed by atoms with Gasteiger partial charge in [-0.1, -0.05) is 24.3 Å². The summed E-state index contributed by atoms with van der Waals surface area (Å²) < 4.78 is 5.06. The Hall–Kier alpha value is -2.44. The minimum atomic E-state index is -0.666. The average molecular weight is 327 g/mol. The molecule has 0 radical (unpaired) electrons. The van der Waals surface area contributed by atoms with Gasteiger partial charge in [-0.15, -0.1) is 0 Å². The predicted octanol–water partition coefficient (Wildman–Crippen LogP) is 0.895. The van der Waals surface area contributed by atoms with Gasteiger partial charge in [0.25, 0.3) is 5.91 Å². The standard InChI is InChI=1S/C18H21N3O3/c1-24-15-6-14(8-19-10-15)18(23)21-11-17(22)16-7-12-4-2-3-5-13(12)9-20-16/h2-6,8,10,16-17,20,22H,7,9,11H2,1H3,(H,21,23)/t16-,17+/m0/s1. The third-order valence-corrected chi connectivity index (χ3v) is 4.26. The Morgan fingerprint density at radius 2 is 2.21 bits per heavy atom. The first-order chi connectivity index (χ1) is 11.7. The van der Waals surface area contributed by atoms with Crippen molar-refractivity contribution >= 4 is 5.91 Å². The van der Waals surface area contributed by atoms with E-state index in [-0.39, 0.29) is 18.5 Å². The fourth-order valence-electron chi connectivity index (χ4n) is 2.85. The number of aliphatic hydroxyl groups excluding tert-OH is 1. The zero-order valence-corrected chi connectivity index (χ0v) is 13.5. The minimum absolute atomic E-state index is 0.0800. The Morgan fingerprint density at radius 3 is 3.00 bits per heavy atom. The number of pyridine rings is 1. The van der Waals surface area contributed by atoms with Gasteiger partial charge in [-0.05, 0) is 23.6 Å². The summed E-state index contributed by atoms with van der Waals surface area (Å²) in [7, 11) is 1.52. The van der Waals surface area contributed by atoms with Crippen LogP contribution in [-0.2, 0) is 13.0 Å². The molecule has 0 bridgehead atoms. The summed E-state index contributed by atoms with van der Waals surface area (Å²) in [5, 5.41) is 16.4. The third-order valence-electron chi connectivity index (χ3n) is 4.26. The average Bonchev–Trinajstić information content (AvgIpc) is 2.65. The van der Waals surface area contributed by atoms with Crippen molar-refractivity contribution < 1.29 is 14.6 Å². The quantitative estimate of drug-likeness (QED) is 0.760. The summed E-state index contributed by atoms with van der Waals surface area (Å²) in [6.07, 6.45) is 3.09. The number of benzene rings is 1. The van der Waals surface area contributed by atoms with Gasteiger partial charge in [-0.3, -0.25) is 9.78 Å². The van der Waals surface area contributed by atoms with Crippen LogP contribution < -0.4 is 15.4 Å². The first-order valence-corrected chi connectivity index (χ1v) is 7.93. The summed E-state index contributed by atoms with van der Waals surface area (Å²) in [4.78, 5) is 16.1. The van der Waals surface area contributed by atoms with Crippen LogP contribution in [0.1, 0.15) is 21.5 Å². The summed E-state index contributed by atoms with van der Waals surface area (Å²) in [5.41, 5.74) is 2.90. The van der Waals surface area contributed by atoms with E-state index < -0.39 is 6.10 Å². The van der Waals surface area contributed by atoms with Gasteiger partial charge in [0.05, 0.1) is 25.0 Å². The van der Waals surface area contributed by atoms with E-state index in [1.807, 2.05) is 12.1 Å². The molecule has 6 nitrogen and oxygen atoms in total. The number of hydrogen-bond acceptors (Lipinski definition) is 5. The maximum atomic E-state index is 12.2. The largest absolute Gasteiger partial charge is 0.495 e. The second-order valence-electron chi connectivity index (χ2n) is 5.85. The normalized spacial score (nSPS) is 17.7. The van der Waals surface area contributed by atoms with E-state index >= 15 is 0 Å². The minimum Gasteiger partial charge on any atom is -0.495 e. The highest BCUT2D eigenvalue weighted by Gasteiger charge is 2.24. The van der Waals surface area contributed by atoms with Gasteiger partial charge in [-0.25, -0.2) is 0 Å². The molecule has 1 amide bonds. The van der Waals surface area contributed by atoms with Crippen LogP contribution in [0.2, 0.25) is 0 Å². The SMILES string of the molecule is COc1cncc(C(=O)NC[C@@H](O)[C@@H]2Cc3ccccc3CN2)c1. The highest BCUT2D eigenvalue weighted by Crippen LogP contribution is 2.18. The van der Waals surface area contributed by atoms with Crippen molar-refractivity contribution in [1.82, 2.24) is 15.6 Å². The molecule has 2 atom stereocenters. The van der Waals surface area contributed by atoms with Crippen LogP contribution >= 0.6 is 0 Å². The highest BCUT2D eigenvalue weighted by molar-refractivity contribution is 5.94. The summed E-state index contributed by atoms with van der Waals surface area (Å²) in [6, 6.07) is 9.72. The van der Waals surface area contributed by atoms with Gasteiger partial charge < -0.3 is 20.5 Å². The first-order valence-electron chi connectivity index (χ1n) is 7.93. The van der Waals surface area contributed by atoms with E-state index in [9.17, 15) is 9.90 Å². The Labute approximate surface area is 140 Å². The van der Waals surface area contributed by atoms with Gasteiger partial charge in [0.15, 0.2) is 0 Å². The molecule has 0 aliphatic carbocycles. The molecule has 1 aliphatic rings. The Balaban J connectivity index is 1.56. The topological polar surface area (TPSA) is 83.5 Å². The molecule has 3 N–H and O–H groups in total. The Bertz CT molecular complexity index is 720. The molecule has 126 valence electrons. The maximum absolute atomic E-state index is 12.2. The molecule has 24 heavy (non-hydrogen) atoms. The van der Waals surface area contributed by atoms with Gasteiger partial charge in [0.2, 0.25) is 0 Å². The number of nitrogens with zero attached hydrogens (tertiary/aromatic N) is 1. The van der Waals surface area contributed by atoms with E-state index in [1.54, 1.807) is 6.07 Å². The van der Waals surface area contributed by atoms with Crippen LogP contribution in [0, 0.1) is 0 Å². The van der Waals surface area contributed by atoms with Crippen LogP contribution in [0.4, 0.5) is 0 Å². The number of carbonyl (C=O) groups excluding carboxylic acids is 1. The number of methoxy groups -OCH3 is 1. The number of ether oxygens (including phenoxy) is 1. The first kappa shape index (κ1) is 16.4. The molecule has 0 saturated heterocycles. The van der Waals surface area contributed by atoms with Crippen molar-refractivity contribution in [2.45, 2.75) is 25.1 Å². The van der Waals surface area contributed by atoms with Gasteiger partial charge >= 0.3 is 0 Å². The van der Waals surface area contributed by atoms with Crippen molar-refractivity contribution in [3.63, 3.8) is 0 Å². The third kappa shape index (κ3) is 3.72. The Kier molecular flexibility index (Phi) is 5.08. The molecular formula is C18H21N3O3. The van der Waals surface area contributed by atoms with Gasteiger partial charge in [-0.2, -0.15) is 0 Å². The molecule has 6 heteroatoms. The summed E-state index contributed by atoms with van der Waals surface area (Å²) in [5.74, 6) is 0.241. The predicted molar refractivity (Wildman–Crippen MR) is 89.9 cm³/mol. The number of rotatable bonds is 5. The monoisotopic (exact) mass is 327 g/mol. The lowest BCUT2D eigenvalue weighted by Gasteiger charge is -2.30. The summed E-state index contributed by atoms with van der Waals surface area (Å²) >= 11 is 0. The number of aromatic nitrogens is 1. The van der Waals surface area contributed by atoms with E-state index in [4.69, 9.17) is 4.74 Å². The number of aliphatic hydroxyl groups is 1. The van der Waals surface area contributed by atoms with Gasteiger partial charge in [0, 0.05) is 25.3 Å². The van der Waals surface area contributed by atoms with Crippen LogP contribution in [0.15, 0.2) is 42.7 Å². The van der Waals surface area contributed by atoms with Crippen LogP contribution in [0.25, 0.3) is 0 Å². The van der Waals surface area contributed by atoms with E-state index in [2.05, 4.69) is 27.8 Å². The van der Waals surface area contributed by atoms with E-state index in [1.165, 1.54) is 30.6 Å². The van der Waals surface area contributed by atoms with Crippen LogP contribution in [0.3, 0.4) is 0 Å². The number of nitrogens with one attached hydrogen (secondary N) is 2. The molecule has 1 aromatic heterocycles. The molecular weight excluding hydrogens is 306 g/mol. The molecule has 0 spiro atoms. The van der Waals surface area contributed by atoms with E-state index in [0.717, 1.165) is 13.0 Å². The molecule has 1 aliphatic heterocycles. The number of fused-ring (bicyclic) bond motifs is 1. The van der Waals surface area contributed by atoms with Crippen molar-refractivity contribution in [2.75, 3.05) is 13.7 Å². The second kappa shape index (κ2) is 7.42.